The predicted molar refractivity (Wildman–Crippen MR) is 188 cm³/mol. The van der Waals surface area contributed by atoms with E-state index in [-0.39, 0.29) is 49.8 Å². The Morgan fingerprint density at radius 3 is 2.42 bits per heavy atom. The lowest BCUT2D eigenvalue weighted by molar-refractivity contribution is -0.138. The zero-order valence-electron chi connectivity index (χ0n) is 29.2. The molecule has 2 fully saturated rings. The van der Waals surface area contributed by atoms with Gasteiger partial charge in [-0.05, 0) is 92.0 Å². The van der Waals surface area contributed by atoms with E-state index in [1.807, 2.05) is 60.4 Å². The zero-order chi connectivity index (χ0) is 36.8. The molecule has 1 aliphatic carbocycles. The normalized spacial score (nSPS) is 18.3. The molecule has 0 unspecified atom stereocenters. The Morgan fingerprint density at radius 1 is 0.923 bits per heavy atom. The highest BCUT2D eigenvalue weighted by molar-refractivity contribution is 6.03. The summed E-state index contributed by atoms with van der Waals surface area (Å²) in [6.07, 6.45) is 3.63. The van der Waals surface area contributed by atoms with Gasteiger partial charge in [0.05, 0.1) is 19.2 Å². The number of rotatable bonds is 16. The summed E-state index contributed by atoms with van der Waals surface area (Å²) in [4.78, 5) is 42.5. The molecule has 52 heavy (non-hydrogen) atoms. The first kappa shape index (κ1) is 36.9. The molecule has 2 atom stereocenters. The van der Waals surface area contributed by atoms with Crippen LogP contribution in [-0.2, 0) is 20.8 Å². The molecule has 6 rings (SSSR count). The van der Waals surface area contributed by atoms with E-state index in [1.165, 1.54) is 0 Å². The smallest absolute Gasteiger partial charge is 0.303 e. The van der Waals surface area contributed by atoms with Crippen molar-refractivity contribution in [3.63, 3.8) is 0 Å². The molecule has 0 spiro atoms. The third kappa shape index (κ3) is 9.14. The molecule has 3 aromatic carbocycles. The van der Waals surface area contributed by atoms with E-state index in [4.69, 9.17) is 14.6 Å². The minimum absolute atomic E-state index is 0.00595. The number of ether oxygens (including phenoxy) is 2. The van der Waals surface area contributed by atoms with Crippen molar-refractivity contribution in [2.75, 3.05) is 32.8 Å². The fourth-order valence-electron chi connectivity index (χ4n) is 7.04. The summed E-state index contributed by atoms with van der Waals surface area (Å²) in [6, 6.07) is 16.8. The Bertz CT molecular complexity index is 1810. The molecular weight excluding hydrogens is 675 g/mol. The number of nitrogens with one attached hydrogen (secondary N) is 1. The van der Waals surface area contributed by atoms with Crippen LogP contribution in [0.1, 0.15) is 61.6 Å². The molecule has 3 aromatic rings. The maximum Gasteiger partial charge on any atom is 0.303 e. The molecule has 2 heterocycles. The molecule has 12 heteroatoms. The summed E-state index contributed by atoms with van der Waals surface area (Å²) in [6.45, 7) is 3.49. The fourth-order valence-corrected chi connectivity index (χ4v) is 7.04. The molecule has 2 bridgehead atoms. The van der Waals surface area contributed by atoms with Gasteiger partial charge in [-0.1, -0.05) is 36.4 Å². The van der Waals surface area contributed by atoms with Gasteiger partial charge in [0.15, 0.2) is 17.4 Å². The molecule has 0 radical (unpaired) electrons. The molecule has 2 amide bonds. The maximum atomic E-state index is 14.6. The number of nitrogens with zero attached hydrogens (tertiary/aromatic N) is 2. The van der Waals surface area contributed by atoms with Gasteiger partial charge in [-0.3, -0.25) is 14.4 Å². The number of benzene rings is 3. The van der Waals surface area contributed by atoms with E-state index in [1.54, 1.807) is 4.90 Å². The topological polar surface area (TPSA) is 108 Å². The number of halogens is 3. The number of aryl methyl sites for hydroxylation is 2. The first-order chi connectivity index (χ1) is 25.1. The molecule has 3 aliphatic rings. The zero-order valence-corrected chi connectivity index (χ0v) is 29.2. The molecule has 2 N–H and O–H groups in total. The number of aliphatic carboxylic acids is 1. The number of hydrogen-bond donors (Lipinski definition) is 2. The number of carbonyl (C=O) groups is 3. The molecule has 0 aromatic heterocycles. The number of carboxylic acids is 1. The minimum atomic E-state index is -1.35. The van der Waals surface area contributed by atoms with Crippen LogP contribution in [-0.4, -0.2) is 83.7 Å². The van der Waals surface area contributed by atoms with Crippen LogP contribution in [0.3, 0.4) is 0 Å². The van der Waals surface area contributed by atoms with E-state index < -0.39 is 35.2 Å². The van der Waals surface area contributed by atoms with Crippen molar-refractivity contribution >= 4 is 23.4 Å². The molecule has 1 saturated heterocycles. The minimum Gasteiger partial charge on any atom is -0.492 e. The van der Waals surface area contributed by atoms with Crippen molar-refractivity contribution in [3.8, 4) is 11.5 Å². The van der Waals surface area contributed by atoms with Gasteiger partial charge in [-0.15, -0.1) is 0 Å². The van der Waals surface area contributed by atoms with E-state index in [2.05, 4.69) is 5.32 Å². The molecule has 2 aliphatic heterocycles. The van der Waals surface area contributed by atoms with Crippen LogP contribution in [0, 0.1) is 24.4 Å². The van der Waals surface area contributed by atoms with Crippen molar-refractivity contribution in [2.45, 2.75) is 76.4 Å². The number of carbonyl (C=O) groups excluding carboxylic acids is 2. The highest BCUT2D eigenvalue weighted by Gasteiger charge is 2.43. The summed E-state index contributed by atoms with van der Waals surface area (Å²) in [5.74, 6) is -4.60. The summed E-state index contributed by atoms with van der Waals surface area (Å²) >= 11 is 0. The molecular formula is C40H44F3N3O6. The van der Waals surface area contributed by atoms with Crippen LogP contribution in [0.25, 0.3) is 5.57 Å². The lowest BCUT2D eigenvalue weighted by Crippen LogP contribution is -2.62. The van der Waals surface area contributed by atoms with Gasteiger partial charge in [-0.25, -0.2) is 8.78 Å². The van der Waals surface area contributed by atoms with Gasteiger partial charge in [0.1, 0.15) is 12.4 Å². The first-order valence-electron chi connectivity index (χ1n) is 17.9. The van der Waals surface area contributed by atoms with Gasteiger partial charge < -0.3 is 29.7 Å². The summed E-state index contributed by atoms with van der Waals surface area (Å²) < 4.78 is 52.7. The fraction of sp³-hybridized carbons (Fsp3) is 0.425. The summed E-state index contributed by atoms with van der Waals surface area (Å²) in [7, 11) is 0. The Morgan fingerprint density at radius 2 is 1.69 bits per heavy atom. The molecule has 276 valence electrons. The van der Waals surface area contributed by atoms with E-state index >= 15 is 0 Å². The summed E-state index contributed by atoms with van der Waals surface area (Å²) in [5.41, 5.74) is 4.49. The molecule has 1 saturated carbocycles. The maximum absolute atomic E-state index is 14.6. The molecule has 9 nitrogen and oxygen atoms in total. The standard InChI is InChI=1S/C40H44F3N3O6/c1-25-5-2-7-30(21-25)51-20-18-46(29-14-15-29)40(50)37-31(22-28-23-45(24-34(37)44-28)35(47)8-3-9-36(48)49)27-12-10-26(11-13-27)6-4-19-52-39-33(42)17-16-32(41)38(39)43/h2,5,7,10-13,16-17,21,28-29,34,44H,3-4,6,8-9,14-15,18-20,22-24H2,1H3,(H,48,49)/t28-,34-/m1/s1. The average Bonchev–Trinajstić information content (AvgIpc) is 3.96. The van der Waals surface area contributed by atoms with Crippen LogP contribution >= 0.6 is 0 Å². The largest absolute Gasteiger partial charge is 0.492 e. The van der Waals surface area contributed by atoms with Crippen molar-refractivity contribution < 1.29 is 42.1 Å². The quantitative estimate of drug-likeness (QED) is 0.137. The van der Waals surface area contributed by atoms with Crippen LogP contribution < -0.4 is 14.8 Å². The monoisotopic (exact) mass is 719 g/mol. The number of piperazine rings is 1. The van der Waals surface area contributed by atoms with Gasteiger partial charge in [-0.2, -0.15) is 4.39 Å². The number of amides is 2. The number of hydrogen-bond acceptors (Lipinski definition) is 6. The van der Waals surface area contributed by atoms with Gasteiger partial charge in [0.25, 0.3) is 5.91 Å². The van der Waals surface area contributed by atoms with E-state index in [0.29, 0.717) is 57.1 Å². The highest BCUT2D eigenvalue weighted by Crippen LogP contribution is 2.37. The van der Waals surface area contributed by atoms with Gasteiger partial charge >= 0.3 is 5.97 Å². The second-order valence-electron chi connectivity index (χ2n) is 13.8. The van der Waals surface area contributed by atoms with E-state index in [0.717, 1.165) is 46.9 Å². The van der Waals surface area contributed by atoms with Crippen molar-refractivity contribution in [3.05, 3.63) is 100 Å². The Kier molecular flexibility index (Phi) is 11.8. The van der Waals surface area contributed by atoms with Crippen molar-refractivity contribution in [2.24, 2.45) is 0 Å². The van der Waals surface area contributed by atoms with Crippen LogP contribution in [0.15, 0.2) is 66.2 Å². The highest BCUT2D eigenvalue weighted by atomic mass is 19.2. The Labute approximate surface area is 301 Å². The third-order valence-corrected chi connectivity index (χ3v) is 9.77. The second kappa shape index (κ2) is 16.7. The van der Waals surface area contributed by atoms with Crippen LogP contribution in [0.4, 0.5) is 13.2 Å². The van der Waals surface area contributed by atoms with Gasteiger partial charge in [0.2, 0.25) is 11.7 Å². The predicted octanol–water partition coefficient (Wildman–Crippen LogP) is 6.08. The van der Waals surface area contributed by atoms with Crippen molar-refractivity contribution in [1.29, 1.82) is 0 Å². The van der Waals surface area contributed by atoms with Gasteiger partial charge in [0, 0.05) is 43.6 Å². The lowest BCUT2D eigenvalue weighted by atomic mass is 9.82. The van der Waals surface area contributed by atoms with E-state index in [9.17, 15) is 27.6 Å². The van der Waals surface area contributed by atoms with Crippen molar-refractivity contribution in [1.82, 2.24) is 15.1 Å². The summed E-state index contributed by atoms with van der Waals surface area (Å²) in [5, 5.41) is 12.6. The van der Waals surface area contributed by atoms with Crippen LogP contribution in [0.5, 0.6) is 11.5 Å². The first-order valence-corrected chi connectivity index (χ1v) is 17.9. The Balaban J connectivity index is 1.19. The third-order valence-electron chi connectivity index (χ3n) is 9.77. The second-order valence-corrected chi connectivity index (χ2v) is 13.8. The number of fused-ring (bicyclic) bond motifs is 2. The number of carboxylic acid groups (broad SMARTS) is 1. The lowest BCUT2D eigenvalue weighted by Gasteiger charge is -2.45. The average molecular weight is 720 g/mol. The van der Waals surface area contributed by atoms with Crippen LogP contribution in [0.2, 0.25) is 0 Å². The Hall–Kier alpha value is -4.84. The SMILES string of the molecule is Cc1cccc(OCCN(C(=O)C2=C(c3ccc(CCCOc4c(F)ccc(F)c4F)cc3)C[C@@H]3CN(C(=O)CCCC(=O)O)C[C@H]2N3)C2CC2)c1.